The standard InChI is InChI=1S/C12H17NO2/c1-14-10-6-9(7-10)11-12-8(2-4-13-11)3-5-15-12/h3,5,9-11,13H,2,4,6-7H2,1H3. The van der Waals surface area contributed by atoms with Crippen LogP contribution in [0.5, 0.6) is 0 Å². The Morgan fingerprint density at radius 3 is 3.13 bits per heavy atom. The van der Waals surface area contributed by atoms with Crippen LogP contribution in [-0.2, 0) is 11.2 Å². The third-order valence-electron chi connectivity index (χ3n) is 3.76. The maximum absolute atomic E-state index is 5.59. The zero-order valence-corrected chi connectivity index (χ0v) is 9.03. The van der Waals surface area contributed by atoms with Gasteiger partial charge >= 0.3 is 0 Å². The molecule has 82 valence electrons. The van der Waals surface area contributed by atoms with Gasteiger partial charge in [-0.15, -0.1) is 0 Å². The topological polar surface area (TPSA) is 34.4 Å². The van der Waals surface area contributed by atoms with Crippen LogP contribution in [0.3, 0.4) is 0 Å². The summed E-state index contributed by atoms with van der Waals surface area (Å²) in [4.78, 5) is 0. The maximum Gasteiger partial charge on any atom is 0.124 e. The zero-order valence-electron chi connectivity index (χ0n) is 9.03. The first kappa shape index (κ1) is 9.43. The van der Waals surface area contributed by atoms with E-state index < -0.39 is 0 Å². The van der Waals surface area contributed by atoms with Gasteiger partial charge in [0, 0.05) is 7.11 Å². The Morgan fingerprint density at radius 2 is 2.33 bits per heavy atom. The van der Waals surface area contributed by atoms with Gasteiger partial charge in [-0.3, -0.25) is 0 Å². The first-order valence-corrected chi connectivity index (χ1v) is 5.71. The summed E-state index contributed by atoms with van der Waals surface area (Å²) in [5, 5.41) is 3.56. The van der Waals surface area contributed by atoms with Crippen molar-refractivity contribution in [1.82, 2.24) is 5.32 Å². The second-order valence-corrected chi connectivity index (χ2v) is 4.58. The van der Waals surface area contributed by atoms with Crippen molar-refractivity contribution in [3.8, 4) is 0 Å². The highest BCUT2D eigenvalue weighted by Gasteiger charge is 2.39. The van der Waals surface area contributed by atoms with Gasteiger partial charge in [0.25, 0.3) is 0 Å². The molecule has 1 aromatic rings. The molecule has 1 aliphatic heterocycles. The summed E-state index contributed by atoms with van der Waals surface area (Å²) < 4.78 is 10.9. The Hall–Kier alpha value is -0.800. The Kier molecular flexibility index (Phi) is 2.29. The number of nitrogens with one attached hydrogen (secondary N) is 1. The van der Waals surface area contributed by atoms with Gasteiger partial charge in [-0.1, -0.05) is 0 Å². The Bertz CT molecular complexity index is 341. The van der Waals surface area contributed by atoms with E-state index in [1.54, 1.807) is 7.11 Å². The average Bonchev–Trinajstić information content (AvgIpc) is 2.64. The molecule has 3 heteroatoms. The summed E-state index contributed by atoms with van der Waals surface area (Å²) in [6.45, 7) is 1.07. The summed E-state index contributed by atoms with van der Waals surface area (Å²) >= 11 is 0. The Balaban J connectivity index is 1.74. The second kappa shape index (κ2) is 3.65. The third kappa shape index (κ3) is 1.50. The molecule has 1 unspecified atom stereocenters. The number of hydrogen-bond donors (Lipinski definition) is 1. The van der Waals surface area contributed by atoms with Gasteiger partial charge in [-0.2, -0.15) is 0 Å². The van der Waals surface area contributed by atoms with Crippen LogP contribution in [0.1, 0.15) is 30.2 Å². The summed E-state index contributed by atoms with van der Waals surface area (Å²) in [6, 6.07) is 2.53. The first-order chi connectivity index (χ1) is 7.38. The number of ether oxygens (including phenoxy) is 1. The van der Waals surface area contributed by atoms with Crippen molar-refractivity contribution in [2.24, 2.45) is 5.92 Å². The quantitative estimate of drug-likeness (QED) is 0.804. The van der Waals surface area contributed by atoms with Gasteiger partial charge in [0.2, 0.25) is 0 Å². The van der Waals surface area contributed by atoms with Gasteiger partial charge < -0.3 is 14.5 Å². The lowest BCUT2D eigenvalue weighted by molar-refractivity contribution is -0.0161. The normalized spacial score (nSPS) is 34.6. The van der Waals surface area contributed by atoms with Crippen LogP contribution in [0.25, 0.3) is 0 Å². The van der Waals surface area contributed by atoms with Crippen LogP contribution in [0.4, 0.5) is 0 Å². The minimum absolute atomic E-state index is 0.426. The van der Waals surface area contributed by atoms with Crippen molar-refractivity contribution in [2.45, 2.75) is 31.4 Å². The van der Waals surface area contributed by atoms with E-state index in [0.29, 0.717) is 18.1 Å². The largest absolute Gasteiger partial charge is 0.467 e. The van der Waals surface area contributed by atoms with E-state index in [4.69, 9.17) is 9.15 Å². The highest BCUT2D eigenvalue weighted by molar-refractivity contribution is 5.24. The van der Waals surface area contributed by atoms with Crippen molar-refractivity contribution >= 4 is 0 Å². The molecule has 1 fully saturated rings. The fourth-order valence-corrected chi connectivity index (χ4v) is 2.73. The van der Waals surface area contributed by atoms with Crippen molar-refractivity contribution in [2.75, 3.05) is 13.7 Å². The maximum atomic E-state index is 5.59. The molecule has 0 aromatic carbocycles. The molecule has 0 saturated heterocycles. The third-order valence-corrected chi connectivity index (χ3v) is 3.76. The van der Waals surface area contributed by atoms with E-state index in [2.05, 4.69) is 11.4 Å². The SMILES string of the molecule is COC1CC(C2NCCc3ccoc32)C1. The predicted octanol–water partition coefficient (Wildman–Crippen LogP) is 1.89. The minimum Gasteiger partial charge on any atom is -0.467 e. The molecule has 2 heterocycles. The molecule has 1 atom stereocenters. The van der Waals surface area contributed by atoms with Gasteiger partial charge in [0.05, 0.1) is 18.4 Å². The molecule has 1 aromatic heterocycles. The van der Waals surface area contributed by atoms with Crippen LogP contribution in [-0.4, -0.2) is 19.8 Å². The molecule has 1 aliphatic carbocycles. The molecule has 0 spiro atoms. The number of methoxy groups -OCH3 is 1. The smallest absolute Gasteiger partial charge is 0.124 e. The van der Waals surface area contributed by atoms with Crippen molar-refractivity contribution in [3.63, 3.8) is 0 Å². The molecule has 0 radical (unpaired) electrons. The lowest BCUT2D eigenvalue weighted by Crippen LogP contribution is -2.42. The molecule has 3 nitrogen and oxygen atoms in total. The van der Waals surface area contributed by atoms with Gasteiger partial charge in [-0.05, 0) is 43.4 Å². The fraction of sp³-hybridized carbons (Fsp3) is 0.667. The first-order valence-electron chi connectivity index (χ1n) is 5.71. The zero-order chi connectivity index (χ0) is 10.3. The van der Waals surface area contributed by atoms with E-state index in [0.717, 1.165) is 25.8 Å². The second-order valence-electron chi connectivity index (χ2n) is 4.58. The number of hydrogen-bond acceptors (Lipinski definition) is 3. The van der Waals surface area contributed by atoms with Crippen molar-refractivity contribution in [1.29, 1.82) is 0 Å². The monoisotopic (exact) mass is 207 g/mol. The highest BCUT2D eigenvalue weighted by atomic mass is 16.5. The van der Waals surface area contributed by atoms with Crippen LogP contribution < -0.4 is 5.32 Å². The summed E-state index contributed by atoms with van der Waals surface area (Å²) in [5.41, 5.74) is 1.39. The van der Waals surface area contributed by atoms with E-state index in [1.807, 2.05) is 6.26 Å². The lowest BCUT2D eigenvalue weighted by Gasteiger charge is -2.40. The molecular formula is C12H17NO2. The lowest BCUT2D eigenvalue weighted by atomic mass is 9.75. The molecule has 15 heavy (non-hydrogen) atoms. The molecule has 1 N–H and O–H groups in total. The molecule has 2 aliphatic rings. The van der Waals surface area contributed by atoms with Gasteiger partial charge in [0.1, 0.15) is 5.76 Å². The summed E-state index contributed by atoms with van der Waals surface area (Å²) in [5.74, 6) is 1.86. The van der Waals surface area contributed by atoms with Gasteiger partial charge in [-0.25, -0.2) is 0 Å². The van der Waals surface area contributed by atoms with E-state index >= 15 is 0 Å². The van der Waals surface area contributed by atoms with Crippen LogP contribution in [0.2, 0.25) is 0 Å². The molecule has 3 rings (SSSR count). The van der Waals surface area contributed by atoms with Crippen LogP contribution >= 0.6 is 0 Å². The van der Waals surface area contributed by atoms with E-state index in [-0.39, 0.29) is 0 Å². The summed E-state index contributed by atoms with van der Waals surface area (Å²) in [6.07, 6.45) is 5.71. The molecule has 0 bridgehead atoms. The number of furan rings is 1. The van der Waals surface area contributed by atoms with E-state index in [1.165, 1.54) is 11.3 Å². The average molecular weight is 207 g/mol. The van der Waals surface area contributed by atoms with Crippen molar-refractivity contribution < 1.29 is 9.15 Å². The molecule has 0 amide bonds. The minimum atomic E-state index is 0.426. The van der Waals surface area contributed by atoms with Crippen LogP contribution in [0, 0.1) is 5.92 Å². The van der Waals surface area contributed by atoms with Crippen molar-refractivity contribution in [3.05, 3.63) is 23.7 Å². The Morgan fingerprint density at radius 1 is 1.47 bits per heavy atom. The molecule has 1 saturated carbocycles. The van der Waals surface area contributed by atoms with E-state index in [9.17, 15) is 0 Å². The Labute approximate surface area is 89.8 Å². The fourth-order valence-electron chi connectivity index (χ4n) is 2.73. The predicted molar refractivity (Wildman–Crippen MR) is 56.7 cm³/mol. The number of fused-ring (bicyclic) bond motifs is 1. The summed E-state index contributed by atoms with van der Waals surface area (Å²) in [7, 11) is 1.80. The molecular weight excluding hydrogens is 190 g/mol. The highest BCUT2D eigenvalue weighted by Crippen LogP contribution is 2.41. The van der Waals surface area contributed by atoms with Crippen LogP contribution in [0.15, 0.2) is 16.7 Å². The number of rotatable bonds is 2. The van der Waals surface area contributed by atoms with Gasteiger partial charge in [0.15, 0.2) is 0 Å².